The van der Waals surface area contributed by atoms with E-state index in [4.69, 9.17) is 14.6 Å². The van der Waals surface area contributed by atoms with Crippen molar-refractivity contribution in [2.45, 2.75) is 38.3 Å². The molecule has 2 unspecified atom stereocenters. The van der Waals surface area contributed by atoms with Crippen molar-refractivity contribution >= 4 is 0 Å². The highest BCUT2D eigenvalue weighted by molar-refractivity contribution is 4.72. The molecule has 0 bridgehead atoms. The van der Waals surface area contributed by atoms with E-state index >= 15 is 0 Å². The van der Waals surface area contributed by atoms with Gasteiger partial charge in [0.05, 0.1) is 13.2 Å². The Labute approximate surface area is 72.1 Å². The lowest BCUT2D eigenvalue weighted by molar-refractivity contribution is -0.260. The fraction of sp³-hybridized carbons (Fsp3) is 1.00. The molecule has 0 saturated carbocycles. The average molecular weight is 176 g/mol. The lowest BCUT2D eigenvalue weighted by atomic mass is 10.2. The third kappa shape index (κ3) is 2.42. The van der Waals surface area contributed by atoms with Crippen molar-refractivity contribution in [3.05, 3.63) is 0 Å². The fourth-order valence-corrected chi connectivity index (χ4v) is 1.19. The van der Waals surface area contributed by atoms with Crippen LogP contribution in [0.2, 0.25) is 0 Å². The van der Waals surface area contributed by atoms with Gasteiger partial charge in [-0.15, -0.1) is 0 Å². The molecule has 0 aromatic carbocycles. The van der Waals surface area contributed by atoms with Gasteiger partial charge in [-0.1, -0.05) is 13.3 Å². The molecule has 4 nitrogen and oxygen atoms in total. The van der Waals surface area contributed by atoms with Gasteiger partial charge in [0.1, 0.15) is 12.2 Å². The van der Waals surface area contributed by atoms with Crippen LogP contribution in [-0.2, 0) is 9.47 Å². The van der Waals surface area contributed by atoms with Gasteiger partial charge in [-0.3, -0.25) is 0 Å². The highest BCUT2D eigenvalue weighted by Crippen LogP contribution is 2.16. The lowest BCUT2D eigenvalue weighted by Gasteiger charge is -2.32. The van der Waals surface area contributed by atoms with E-state index in [1.807, 2.05) is 6.92 Å². The minimum atomic E-state index is -0.692. The van der Waals surface area contributed by atoms with Gasteiger partial charge < -0.3 is 19.7 Å². The summed E-state index contributed by atoms with van der Waals surface area (Å²) < 4.78 is 10.4. The van der Waals surface area contributed by atoms with Crippen molar-refractivity contribution in [1.29, 1.82) is 0 Å². The summed E-state index contributed by atoms with van der Waals surface area (Å²) in [5.41, 5.74) is 0. The van der Waals surface area contributed by atoms with Crippen molar-refractivity contribution in [3.8, 4) is 0 Å². The molecule has 1 aliphatic rings. The molecule has 1 rings (SSSR count). The summed E-state index contributed by atoms with van der Waals surface area (Å²) in [5, 5.41) is 18.1. The Morgan fingerprint density at radius 1 is 1.50 bits per heavy atom. The molecule has 1 heterocycles. The maximum atomic E-state index is 9.24. The first-order chi connectivity index (χ1) is 5.77. The van der Waals surface area contributed by atoms with Crippen molar-refractivity contribution < 1.29 is 19.7 Å². The van der Waals surface area contributed by atoms with Gasteiger partial charge in [0.15, 0.2) is 6.29 Å². The van der Waals surface area contributed by atoms with Crippen LogP contribution in [0.25, 0.3) is 0 Å². The first kappa shape index (κ1) is 9.92. The standard InChI is InChI=1S/C8H16O4/c1-2-3-8-11-5-6(10)7(4-9)12-8/h6-10H,2-5H2,1H3/t6?,7-,8?/m0/s1. The molecule has 1 aliphatic heterocycles. The Morgan fingerprint density at radius 3 is 2.83 bits per heavy atom. The molecular weight excluding hydrogens is 160 g/mol. The van der Waals surface area contributed by atoms with Gasteiger partial charge >= 0.3 is 0 Å². The van der Waals surface area contributed by atoms with Crippen molar-refractivity contribution in [3.63, 3.8) is 0 Å². The predicted molar refractivity (Wildman–Crippen MR) is 42.6 cm³/mol. The molecule has 0 aromatic heterocycles. The minimum Gasteiger partial charge on any atom is -0.394 e. The highest BCUT2D eigenvalue weighted by Gasteiger charge is 2.29. The third-order valence-electron chi connectivity index (χ3n) is 1.91. The van der Waals surface area contributed by atoms with Crippen LogP contribution in [0.15, 0.2) is 0 Å². The van der Waals surface area contributed by atoms with Gasteiger partial charge in [0.2, 0.25) is 0 Å². The summed E-state index contributed by atoms with van der Waals surface area (Å²) in [6.45, 7) is 2.15. The van der Waals surface area contributed by atoms with Crippen LogP contribution in [0.3, 0.4) is 0 Å². The van der Waals surface area contributed by atoms with Crippen LogP contribution >= 0.6 is 0 Å². The summed E-state index contributed by atoms with van der Waals surface area (Å²) in [6, 6.07) is 0. The van der Waals surface area contributed by atoms with Gasteiger partial charge in [0, 0.05) is 0 Å². The largest absolute Gasteiger partial charge is 0.394 e. The Bertz CT molecular complexity index is 128. The maximum Gasteiger partial charge on any atom is 0.158 e. The van der Waals surface area contributed by atoms with E-state index in [9.17, 15) is 5.11 Å². The molecule has 4 heteroatoms. The maximum absolute atomic E-state index is 9.24. The summed E-state index contributed by atoms with van der Waals surface area (Å²) in [4.78, 5) is 0. The molecule has 1 fully saturated rings. The zero-order chi connectivity index (χ0) is 8.97. The highest BCUT2D eigenvalue weighted by atomic mass is 16.7. The van der Waals surface area contributed by atoms with E-state index in [-0.39, 0.29) is 19.5 Å². The summed E-state index contributed by atoms with van der Waals surface area (Å²) in [6.07, 6.45) is 0.358. The first-order valence-corrected chi connectivity index (χ1v) is 4.34. The Balaban J connectivity index is 2.33. The fourth-order valence-electron chi connectivity index (χ4n) is 1.19. The van der Waals surface area contributed by atoms with Crippen LogP contribution in [-0.4, -0.2) is 41.9 Å². The molecule has 0 spiro atoms. The summed E-state index contributed by atoms with van der Waals surface area (Å²) >= 11 is 0. The molecule has 0 radical (unpaired) electrons. The second-order valence-corrected chi connectivity index (χ2v) is 2.98. The Hall–Kier alpha value is -0.160. The molecule has 2 N–H and O–H groups in total. The van der Waals surface area contributed by atoms with Crippen LogP contribution in [0.4, 0.5) is 0 Å². The van der Waals surface area contributed by atoms with Gasteiger partial charge in [-0.25, -0.2) is 0 Å². The number of ether oxygens (including phenoxy) is 2. The minimum absolute atomic E-state index is 0.148. The molecule has 0 aliphatic carbocycles. The van der Waals surface area contributed by atoms with E-state index in [2.05, 4.69) is 0 Å². The molecule has 72 valence electrons. The first-order valence-electron chi connectivity index (χ1n) is 4.34. The Kier molecular flexibility index (Phi) is 3.94. The topological polar surface area (TPSA) is 58.9 Å². The van der Waals surface area contributed by atoms with Crippen LogP contribution in [0, 0.1) is 0 Å². The zero-order valence-electron chi connectivity index (χ0n) is 7.27. The van der Waals surface area contributed by atoms with Crippen molar-refractivity contribution in [2.75, 3.05) is 13.2 Å². The molecule has 1 saturated heterocycles. The average Bonchev–Trinajstić information content (AvgIpc) is 2.09. The number of hydrogen-bond acceptors (Lipinski definition) is 4. The molecule has 12 heavy (non-hydrogen) atoms. The van der Waals surface area contributed by atoms with Gasteiger partial charge in [-0.05, 0) is 6.42 Å². The van der Waals surface area contributed by atoms with Crippen LogP contribution < -0.4 is 0 Å². The van der Waals surface area contributed by atoms with E-state index in [0.717, 1.165) is 12.8 Å². The predicted octanol–water partition coefficient (Wildman–Crippen LogP) is -0.119. The number of rotatable bonds is 3. The third-order valence-corrected chi connectivity index (χ3v) is 1.91. The molecule has 0 amide bonds. The number of aliphatic hydroxyl groups is 2. The summed E-state index contributed by atoms with van der Waals surface area (Å²) in [7, 11) is 0. The molecular formula is C8H16O4. The van der Waals surface area contributed by atoms with Crippen LogP contribution in [0.1, 0.15) is 19.8 Å². The van der Waals surface area contributed by atoms with Crippen molar-refractivity contribution in [1.82, 2.24) is 0 Å². The van der Waals surface area contributed by atoms with E-state index in [1.54, 1.807) is 0 Å². The van der Waals surface area contributed by atoms with E-state index in [0.29, 0.717) is 0 Å². The van der Waals surface area contributed by atoms with Crippen molar-refractivity contribution in [2.24, 2.45) is 0 Å². The van der Waals surface area contributed by atoms with E-state index < -0.39 is 12.2 Å². The number of aliphatic hydroxyl groups excluding tert-OH is 2. The van der Waals surface area contributed by atoms with Gasteiger partial charge in [0.25, 0.3) is 0 Å². The smallest absolute Gasteiger partial charge is 0.158 e. The quantitative estimate of drug-likeness (QED) is 0.629. The molecule has 3 atom stereocenters. The zero-order valence-corrected chi connectivity index (χ0v) is 7.27. The number of hydrogen-bond donors (Lipinski definition) is 2. The summed E-state index contributed by atoms with van der Waals surface area (Å²) in [5.74, 6) is 0. The Morgan fingerprint density at radius 2 is 2.25 bits per heavy atom. The lowest BCUT2D eigenvalue weighted by Crippen LogP contribution is -2.45. The van der Waals surface area contributed by atoms with E-state index in [1.165, 1.54) is 0 Å². The normalized spacial score (nSPS) is 36.8. The SMILES string of the molecule is CCCC1OCC(O)[C@H](CO)O1. The second-order valence-electron chi connectivity index (χ2n) is 2.98. The molecule has 0 aromatic rings. The van der Waals surface area contributed by atoms with Gasteiger partial charge in [-0.2, -0.15) is 0 Å². The second kappa shape index (κ2) is 4.77. The monoisotopic (exact) mass is 176 g/mol. The van der Waals surface area contributed by atoms with Crippen LogP contribution in [0.5, 0.6) is 0 Å².